The lowest BCUT2D eigenvalue weighted by Gasteiger charge is -2.07. The van der Waals surface area contributed by atoms with Crippen molar-refractivity contribution < 1.29 is 4.79 Å². The predicted octanol–water partition coefficient (Wildman–Crippen LogP) is 1.67. The number of thioether (sulfide) groups is 1. The van der Waals surface area contributed by atoms with Crippen LogP contribution in [0.15, 0.2) is 34.1 Å². The van der Waals surface area contributed by atoms with E-state index in [0.29, 0.717) is 5.82 Å². The molecule has 0 aliphatic carbocycles. The van der Waals surface area contributed by atoms with Crippen molar-refractivity contribution in [1.29, 1.82) is 0 Å². The van der Waals surface area contributed by atoms with Gasteiger partial charge in [-0.1, -0.05) is 23.4 Å². The average Bonchev–Trinajstić information content (AvgIpc) is 2.97. The number of amides is 1. The third-order valence-electron chi connectivity index (χ3n) is 3.50. The first-order valence-electron chi connectivity index (χ1n) is 7.42. The van der Waals surface area contributed by atoms with Crippen LogP contribution in [0.1, 0.15) is 17.0 Å². The quantitative estimate of drug-likeness (QED) is 0.612. The molecule has 3 rings (SSSR count). The summed E-state index contributed by atoms with van der Waals surface area (Å²) < 4.78 is 0. The van der Waals surface area contributed by atoms with Crippen molar-refractivity contribution >= 4 is 28.6 Å². The van der Waals surface area contributed by atoms with Crippen LogP contribution in [0.3, 0.4) is 0 Å². The van der Waals surface area contributed by atoms with Crippen LogP contribution < -0.4 is 11.0 Å². The smallest absolute Gasteiger partial charge is 0.340 e. The fourth-order valence-corrected chi connectivity index (χ4v) is 3.12. The number of nitrogens with zero attached hydrogens (tertiary/aromatic N) is 2. The first-order chi connectivity index (χ1) is 11.5. The number of fused-ring (bicyclic) bond motifs is 1. The van der Waals surface area contributed by atoms with Gasteiger partial charge in [-0.2, -0.15) is 5.10 Å². The van der Waals surface area contributed by atoms with Crippen molar-refractivity contribution in [2.45, 2.75) is 25.4 Å². The number of pyridine rings is 1. The fraction of sp³-hybridized carbons (Fsp3) is 0.250. The summed E-state index contributed by atoms with van der Waals surface area (Å²) in [5, 5.41) is 10.6. The zero-order valence-electron chi connectivity index (χ0n) is 13.3. The van der Waals surface area contributed by atoms with Crippen LogP contribution in [0.5, 0.6) is 0 Å². The molecule has 0 atom stereocenters. The van der Waals surface area contributed by atoms with Gasteiger partial charge in [-0.15, -0.1) is 0 Å². The van der Waals surface area contributed by atoms with Gasteiger partial charge in [0, 0.05) is 5.39 Å². The summed E-state index contributed by atoms with van der Waals surface area (Å²) in [5.41, 5.74) is 2.88. The Morgan fingerprint density at radius 1 is 1.29 bits per heavy atom. The molecular weight excluding hydrogens is 326 g/mol. The fourth-order valence-electron chi connectivity index (χ4n) is 2.31. The van der Waals surface area contributed by atoms with Crippen molar-refractivity contribution in [1.82, 2.24) is 25.5 Å². The van der Waals surface area contributed by atoms with E-state index in [4.69, 9.17) is 0 Å². The topological polar surface area (TPSA) is 104 Å². The zero-order chi connectivity index (χ0) is 17.1. The van der Waals surface area contributed by atoms with Crippen LogP contribution in [-0.4, -0.2) is 31.8 Å². The minimum Gasteiger partial charge on any atom is -0.348 e. The van der Waals surface area contributed by atoms with Gasteiger partial charge in [0.2, 0.25) is 5.91 Å². The van der Waals surface area contributed by atoms with Crippen LogP contribution in [0.25, 0.3) is 10.9 Å². The van der Waals surface area contributed by atoms with Gasteiger partial charge in [-0.05, 0) is 37.6 Å². The SMILES string of the molecule is Cc1ccc2nc(SCC(=O)NCc3n[nH]c(=O)[nH]3)cc(C)c2c1. The number of hydrogen-bond acceptors (Lipinski definition) is 5. The Kier molecular flexibility index (Phi) is 4.66. The summed E-state index contributed by atoms with van der Waals surface area (Å²) in [5.74, 6) is 0.499. The summed E-state index contributed by atoms with van der Waals surface area (Å²) in [4.78, 5) is 29.9. The zero-order valence-corrected chi connectivity index (χ0v) is 14.2. The third-order valence-corrected chi connectivity index (χ3v) is 4.41. The van der Waals surface area contributed by atoms with Gasteiger partial charge < -0.3 is 5.32 Å². The van der Waals surface area contributed by atoms with E-state index in [1.807, 2.05) is 25.1 Å². The monoisotopic (exact) mass is 343 g/mol. The lowest BCUT2D eigenvalue weighted by molar-refractivity contribution is -0.118. The predicted molar refractivity (Wildman–Crippen MR) is 93.0 cm³/mol. The number of aromatic nitrogens is 4. The number of benzene rings is 1. The maximum absolute atomic E-state index is 11.9. The number of carbonyl (C=O) groups is 1. The Bertz CT molecular complexity index is 947. The molecule has 1 aromatic carbocycles. The van der Waals surface area contributed by atoms with Gasteiger partial charge in [-0.25, -0.2) is 14.9 Å². The lowest BCUT2D eigenvalue weighted by atomic mass is 10.1. The molecule has 2 aromatic heterocycles. The van der Waals surface area contributed by atoms with Crippen LogP contribution in [0.2, 0.25) is 0 Å². The van der Waals surface area contributed by atoms with Crippen molar-refractivity contribution in [2.75, 3.05) is 5.75 Å². The number of carbonyl (C=O) groups excluding carboxylic acids is 1. The maximum atomic E-state index is 11.9. The van der Waals surface area contributed by atoms with Crippen molar-refractivity contribution in [3.63, 3.8) is 0 Å². The van der Waals surface area contributed by atoms with E-state index < -0.39 is 0 Å². The van der Waals surface area contributed by atoms with E-state index in [1.165, 1.54) is 17.3 Å². The highest BCUT2D eigenvalue weighted by molar-refractivity contribution is 7.99. The minimum atomic E-state index is -0.389. The van der Waals surface area contributed by atoms with Crippen molar-refractivity contribution in [3.05, 3.63) is 51.7 Å². The molecule has 0 unspecified atom stereocenters. The number of aromatic amines is 2. The second kappa shape index (κ2) is 6.88. The second-order valence-corrected chi connectivity index (χ2v) is 6.48. The summed E-state index contributed by atoms with van der Waals surface area (Å²) >= 11 is 1.38. The Hall–Kier alpha value is -2.61. The molecule has 3 N–H and O–H groups in total. The molecule has 0 fully saturated rings. The van der Waals surface area contributed by atoms with E-state index >= 15 is 0 Å². The lowest BCUT2D eigenvalue weighted by Crippen LogP contribution is -2.25. The van der Waals surface area contributed by atoms with Gasteiger partial charge in [0.05, 0.1) is 22.8 Å². The number of aryl methyl sites for hydroxylation is 2. The van der Waals surface area contributed by atoms with Gasteiger partial charge >= 0.3 is 5.69 Å². The number of nitrogens with one attached hydrogen (secondary N) is 3. The summed E-state index contributed by atoms with van der Waals surface area (Å²) in [6, 6.07) is 8.13. The molecule has 0 saturated carbocycles. The van der Waals surface area contributed by atoms with Gasteiger partial charge in [0.1, 0.15) is 5.82 Å². The summed E-state index contributed by atoms with van der Waals surface area (Å²) in [6.07, 6.45) is 0. The molecule has 24 heavy (non-hydrogen) atoms. The van der Waals surface area contributed by atoms with Crippen molar-refractivity contribution in [2.24, 2.45) is 0 Å². The number of hydrogen-bond donors (Lipinski definition) is 3. The molecule has 124 valence electrons. The van der Waals surface area contributed by atoms with Crippen LogP contribution in [-0.2, 0) is 11.3 Å². The Balaban J connectivity index is 1.61. The Morgan fingerprint density at radius 2 is 2.12 bits per heavy atom. The maximum Gasteiger partial charge on any atom is 0.340 e. The Morgan fingerprint density at radius 3 is 2.88 bits per heavy atom. The van der Waals surface area contributed by atoms with Crippen LogP contribution in [0, 0.1) is 13.8 Å². The highest BCUT2D eigenvalue weighted by Gasteiger charge is 2.08. The molecule has 0 aliphatic heterocycles. The minimum absolute atomic E-state index is 0.146. The molecule has 7 nitrogen and oxygen atoms in total. The Labute approximate surface area is 142 Å². The first-order valence-corrected chi connectivity index (χ1v) is 8.41. The van der Waals surface area contributed by atoms with E-state index in [0.717, 1.165) is 21.5 Å². The van der Waals surface area contributed by atoms with E-state index in [2.05, 4.69) is 38.5 Å². The van der Waals surface area contributed by atoms with E-state index in [9.17, 15) is 9.59 Å². The summed E-state index contributed by atoms with van der Waals surface area (Å²) in [7, 11) is 0. The third kappa shape index (κ3) is 3.83. The van der Waals surface area contributed by atoms with Crippen LogP contribution in [0.4, 0.5) is 0 Å². The molecule has 0 bridgehead atoms. The van der Waals surface area contributed by atoms with Gasteiger partial charge in [-0.3, -0.25) is 9.78 Å². The standard InChI is InChI=1S/C16H17N5O2S/c1-9-3-4-12-11(5-9)10(2)6-15(18-12)24-8-14(22)17-7-13-19-16(23)21-20-13/h3-6H,7-8H2,1-2H3,(H,17,22)(H2,19,20,21,23). The average molecular weight is 343 g/mol. The van der Waals surface area contributed by atoms with Crippen molar-refractivity contribution in [3.8, 4) is 0 Å². The van der Waals surface area contributed by atoms with E-state index in [1.54, 1.807) is 0 Å². The highest BCUT2D eigenvalue weighted by Crippen LogP contribution is 2.24. The normalized spacial score (nSPS) is 10.9. The molecule has 0 saturated heterocycles. The molecular formula is C16H17N5O2S. The number of rotatable bonds is 5. The number of H-pyrrole nitrogens is 2. The molecule has 0 aliphatic rings. The van der Waals surface area contributed by atoms with Gasteiger partial charge in [0.15, 0.2) is 0 Å². The van der Waals surface area contributed by atoms with Crippen LogP contribution >= 0.6 is 11.8 Å². The largest absolute Gasteiger partial charge is 0.348 e. The molecule has 0 radical (unpaired) electrons. The molecule has 0 spiro atoms. The van der Waals surface area contributed by atoms with Gasteiger partial charge in [0.25, 0.3) is 0 Å². The molecule has 1 amide bonds. The highest BCUT2D eigenvalue weighted by atomic mass is 32.2. The first kappa shape index (κ1) is 16.3. The molecule has 2 heterocycles. The molecule has 8 heteroatoms. The molecule has 3 aromatic rings. The summed E-state index contributed by atoms with van der Waals surface area (Å²) in [6.45, 7) is 4.28. The van der Waals surface area contributed by atoms with E-state index in [-0.39, 0.29) is 23.9 Å². The second-order valence-electron chi connectivity index (χ2n) is 5.49.